The Bertz CT molecular complexity index is 1320. The zero-order chi connectivity index (χ0) is 27.8. The van der Waals surface area contributed by atoms with Crippen LogP contribution in [-0.4, -0.2) is 4.70 Å². The second kappa shape index (κ2) is 14.6. The third-order valence-electron chi connectivity index (χ3n) is 7.07. The van der Waals surface area contributed by atoms with Gasteiger partial charge in [-0.15, -0.1) is 0 Å². The van der Waals surface area contributed by atoms with Crippen molar-refractivity contribution < 1.29 is 21.2 Å². The molecule has 1 aliphatic rings. The number of hydrogen-bond acceptors (Lipinski definition) is 0. The van der Waals surface area contributed by atoms with Crippen LogP contribution in [0.1, 0.15) is 55.6 Å². The van der Waals surface area contributed by atoms with Crippen molar-refractivity contribution in [3.63, 3.8) is 0 Å². The number of aryl methyl sites for hydroxylation is 6. The molecule has 1 heterocycles. The quantitative estimate of drug-likeness (QED) is 0.133. The van der Waals surface area contributed by atoms with E-state index in [4.69, 9.17) is 0 Å². The maximum atomic E-state index is 10.8. The molecule has 2 nitrogen and oxygen atoms in total. The average Bonchev–Trinajstić information content (AvgIpc) is 3.28. The van der Waals surface area contributed by atoms with Crippen LogP contribution >= 0.6 is 0 Å². The molecule has 0 amide bonds. The first kappa shape index (κ1) is 31.7. The third-order valence-corrected chi connectivity index (χ3v) is 7.07. The molecule has 0 N–H and O–H groups in total. The van der Waals surface area contributed by atoms with Gasteiger partial charge in [-0.05, 0) is 99.2 Å². The maximum Gasteiger partial charge on any atom is 2.00 e. The van der Waals surface area contributed by atoms with E-state index in [2.05, 4.69) is 91.8 Å². The van der Waals surface area contributed by atoms with E-state index in [1.807, 2.05) is 60.7 Å². The summed E-state index contributed by atoms with van der Waals surface area (Å²) in [5.74, 6) is 0. The molecule has 5 rings (SSSR count). The summed E-state index contributed by atoms with van der Waals surface area (Å²) in [6.45, 7) is 16.9. The molecule has 39 heavy (non-hydrogen) atoms. The first-order valence-electron chi connectivity index (χ1n) is 13.0. The summed E-state index contributed by atoms with van der Waals surface area (Å²) in [5.41, 5.74) is 24.7. The Kier molecular flexibility index (Phi) is 11.8. The second-order valence-corrected chi connectivity index (χ2v) is 10.0. The molecule has 202 valence electrons. The van der Waals surface area contributed by atoms with Crippen LogP contribution in [-0.2, 0) is 16.5 Å². The smallest absolute Gasteiger partial charge is 0.493 e. The topological polar surface area (TPSA) is 25.3 Å². The van der Waals surface area contributed by atoms with Gasteiger partial charge in [0, 0.05) is 23.3 Å². The molecule has 0 aliphatic carbocycles. The van der Waals surface area contributed by atoms with Crippen LogP contribution in [0.4, 0.5) is 0 Å². The standard InChI is InChI=1S/C22H24N2.2C7H7.Ni/c1-13-9-19(10-14(2)17(13)5)21-7-8-22(24(21)23)20-11-15(3)18(6)16(4)12-20;2*1-7-5-3-2-4-6-7;/h7-12H,1-6H3;2*3-6H,1H3;/q;2*-1;+2. The fraction of sp³-hybridized carbons (Fsp3) is 0.222. The summed E-state index contributed by atoms with van der Waals surface area (Å²) in [6.07, 6.45) is 3.98. The molecule has 0 atom stereocenters. The van der Waals surface area contributed by atoms with Gasteiger partial charge in [-0.3, -0.25) is 0 Å². The largest absolute Gasteiger partial charge is 2.00 e. The Morgan fingerprint density at radius 3 is 1.03 bits per heavy atom. The summed E-state index contributed by atoms with van der Waals surface area (Å²) < 4.78 is 1.31. The fourth-order valence-corrected chi connectivity index (χ4v) is 4.17. The second-order valence-electron chi connectivity index (χ2n) is 10.0. The van der Waals surface area contributed by atoms with Crippen LogP contribution in [0.25, 0.3) is 16.9 Å². The minimum absolute atomic E-state index is 0. The molecular formula is C36H38N2Ni. The summed E-state index contributed by atoms with van der Waals surface area (Å²) >= 11 is 0. The van der Waals surface area contributed by atoms with Gasteiger partial charge in [0.05, 0.1) is 0 Å². The first-order chi connectivity index (χ1) is 18.1. The van der Waals surface area contributed by atoms with Gasteiger partial charge in [-0.1, -0.05) is 13.8 Å². The van der Waals surface area contributed by atoms with E-state index >= 15 is 0 Å². The molecule has 0 saturated carbocycles. The summed E-state index contributed by atoms with van der Waals surface area (Å²) in [6, 6.07) is 30.2. The molecule has 0 fully saturated rings. The third kappa shape index (κ3) is 8.47. The van der Waals surface area contributed by atoms with Crippen molar-refractivity contribution in [3.05, 3.63) is 158 Å². The van der Waals surface area contributed by atoms with Crippen molar-refractivity contribution in [2.24, 2.45) is 0 Å². The Labute approximate surface area is 245 Å². The van der Waals surface area contributed by atoms with Gasteiger partial charge in [0.2, 0.25) is 11.4 Å². The van der Waals surface area contributed by atoms with E-state index in [1.165, 1.54) is 49.2 Å². The fourth-order valence-electron chi connectivity index (χ4n) is 4.17. The van der Waals surface area contributed by atoms with E-state index in [1.54, 1.807) is 0 Å². The van der Waals surface area contributed by atoms with Crippen molar-refractivity contribution >= 4 is 11.4 Å². The molecular weight excluding hydrogens is 519 g/mol. The molecule has 3 heteroatoms. The van der Waals surface area contributed by atoms with E-state index in [9.17, 15) is 5.53 Å². The van der Waals surface area contributed by atoms with Crippen molar-refractivity contribution in [1.82, 2.24) is 0 Å². The zero-order valence-electron chi connectivity index (χ0n) is 24.3. The number of benzene rings is 4. The van der Waals surface area contributed by atoms with Crippen LogP contribution in [0, 0.1) is 67.5 Å². The SMILES string of the molecule is Cc1cc(C2=CC=C(c3cc(C)c(C)c(C)c3)[N+]2=[N-])cc(C)c1C.Cc1cc[c-]cc1.Cc1cc[c-]cc1.[Ni+2]. The van der Waals surface area contributed by atoms with Crippen LogP contribution < -0.4 is 0 Å². The van der Waals surface area contributed by atoms with E-state index in [-0.39, 0.29) is 16.5 Å². The van der Waals surface area contributed by atoms with E-state index in [0.29, 0.717) is 0 Å². The molecule has 4 aromatic rings. The molecule has 0 aromatic heterocycles. The number of rotatable bonds is 2. The Morgan fingerprint density at radius 1 is 0.513 bits per heavy atom. The Morgan fingerprint density at radius 2 is 0.795 bits per heavy atom. The van der Waals surface area contributed by atoms with E-state index < -0.39 is 0 Å². The van der Waals surface area contributed by atoms with Crippen molar-refractivity contribution in [3.8, 4) is 0 Å². The molecule has 0 spiro atoms. The van der Waals surface area contributed by atoms with Crippen LogP contribution in [0.5, 0.6) is 0 Å². The summed E-state index contributed by atoms with van der Waals surface area (Å²) in [5, 5.41) is 0. The minimum Gasteiger partial charge on any atom is -0.493 e. The van der Waals surface area contributed by atoms with Gasteiger partial charge in [0.1, 0.15) is 0 Å². The van der Waals surface area contributed by atoms with Gasteiger partial charge in [-0.2, -0.15) is 71.8 Å². The molecule has 0 saturated heterocycles. The predicted octanol–water partition coefficient (Wildman–Crippen LogP) is 9.55. The molecule has 0 radical (unpaired) electrons. The van der Waals surface area contributed by atoms with Crippen LogP contribution in [0.15, 0.2) is 84.9 Å². The zero-order valence-corrected chi connectivity index (χ0v) is 25.3. The Hall–Kier alpha value is -3.55. The van der Waals surface area contributed by atoms with Crippen molar-refractivity contribution in [2.45, 2.75) is 55.4 Å². The van der Waals surface area contributed by atoms with Gasteiger partial charge in [0.15, 0.2) is 0 Å². The number of allylic oxidation sites excluding steroid dienone is 2. The summed E-state index contributed by atoms with van der Waals surface area (Å²) in [7, 11) is 0. The predicted molar refractivity (Wildman–Crippen MR) is 161 cm³/mol. The van der Waals surface area contributed by atoms with Gasteiger partial charge >= 0.3 is 16.5 Å². The monoisotopic (exact) mass is 556 g/mol. The number of nitrogens with zero attached hydrogens (tertiary/aromatic N) is 2. The van der Waals surface area contributed by atoms with Gasteiger partial charge in [-0.25, -0.2) is 4.70 Å². The minimum atomic E-state index is 0. The Balaban J connectivity index is 0.000000289. The van der Waals surface area contributed by atoms with Crippen molar-refractivity contribution in [1.29, 1.82) is 0 Å². The molecule has 1 aliphatic heterocycles. The first-order valence-corrected chi connectivity index (χ1v) is 13.0. The molecule has 0 unspecified atom stereocenters. The van der Waals surface area contributed by atoms with Gasteiger partial charge in [0.25, 0.3) is 0 Å². The summed E-state index contributed by atoms with van der Waals surface area (Å²) in [4.78, 5) is 0. The van der Waals surface area contributed by atoms with Crippen LogP contribution in [0.2, 0.25) is 0 Å². The molecule has 0 bridgehead atoms. The normalized spacial score (nSPS) is 11.7. The van der Waals surface area contributed by atoms with Crippen molar-refractivity contribution in [2.75, 3.05) is 0 Å². The number of hydrogen-bond donors (Lipinski definition) is 0. The average molecular weight is 557 g/mol. The van der Waals surface area contributed by atoms with Crippen LogP contribution in [0.3, 0.4) is 0 Å². The van der Waals surface area contributed by atoms with Gasteiger partial charge < -0.3 is 5.53 Å². The molecule has 4 aromatic carbocycles. The van der Waals surface area contributed by atoms with E-state index in [0.717, 1.165) is 22.5 Å². The maximum absolute atomic E-state index is 10.8.